The maximum atomic E-state index is 13.1. The van der Waals surface area contributed by atoms with E-state index in [1.165, 1.54) is 17.8 Å². The van der Waals surface area contributed by atoms with Crippen LogP contribution in [0.1, 0.15) is 5.82 Å². The molecule has 0 radical (unpaired) electrons. The molecule has 0 bridgehead atoms. The summed E-state index contributed by atoms with van der Waals surface area (Å²) in [4.78, 5) is 4.85. The Kier molecular flexibility index (Phi) is 4.40. The van der Waals surface area contributed by atoms with Crippen molar-refractivity contribution in [1.29, 1.82) is 0 Å². The fraction of sp³-hybridized carbons (Fsp3) is 0.0667. The normalized spacial score (nSPS) is 10.9. The number of thioether (sulfide) groups is 1. The second-order valence-corrected chi connectivity index (χ2v) is 5.87. The Morgan fingerprint density at radius 1 is 1.05 bits per heavy atom. The maximum absolute atomic E-state index is 13.1. The van der Waals surface area contributed by atoms with Crippen LogP contribution in [0.4, 0.5) is 8.78 Å². The van der Waals surface area contributed by atoms with Gasteiger partial charge in [-0.25, -0.2) is 8.78 Å². The molecule has 0 aliphatic carbocycles. The van der Waals surface area contributed by atoms with E-state index in [9.17, 15) is 8.78 Å². The van der Waals surface area contributed by atoms with Crippen LogP contribution in [0.5, 0.6) is 0 Å². The van der Waals surface area contributed by atoms with Gasteiger partial charge in [0.25, 0.3) is 5.89 Å². The van der Waals surface area contributed by atoms with Gasteiger partial charge in [-0.3, -0.25) is 0 Å². The molecule has 3 nitrogen and oxygen atoms in total. The summed E-state index contributed by atoms with van der Waals surface area (Å²) >= 11 is 7.11. The molecule has 0 spiro atoms. The van der Waals surface area contributed by atoms with Crippen molar-refractivity contribution in [1.82, 2.24) is 10.1 Å². The molecule has 0 aliphatic heterocycles. The number of hydrogen-bond acceptors (Lipinski definition) is 4. The fourth-order valence-corrected chi connectivity index (χ4v) is 2.63. The number of rotatable bonds is 4. The minimum absolute atomic E-state index is 0.387. The fourth-order valence-electron chi connectivity index (χ4n) is 1.74. The number of halogens is 3. The summed E-state index contributed by atoms with van der Waals surface area (Å²) in [7, 11) is 0. The summed E-state index contributed by atoms with van der Waals surface area (Å²) < 4.78 is 31.1. The highest BCUT2D eigenvalue weighted by Crippen LogP contribution is 2.25. The van der Waals surface area contributed by atoms with Crippen molar-refractivity contribution in [2.75, 3.05) is 0 Å². The van der Waals surface area contributed by atoms with Gasteiger partial charge < -0.3 is 4.52 Å². The largest absolute Gasteiger partial charge is 0.334 e. The van der Waals surface area contributed by atoms with Gasteiger partial charge in [-0.15, -0.1) is 11.8 Å². The molecule has 0 N–H and O–H groups in total. The maximum Gasteiger partial charge on any atom is 0.257 e. The highest BCUT2D eigenvalue weighted by atomic mass is 35.5. The van der Waals surface area contributed by atoms with Gasteiger partial charge in [0.1, 0.15) is 0 Å². The number of nitrogens with zero attached hydrogens (tertiary/aromatic N) is 2. The zero-order chi connectivity index (χ0) is 15.5. The summed E-state index contributed by atoms with van der Waals surface area (Å²) in [5.41, 5.74) is 0.765. The van der Waals surface area contributed by atoms with Crippen LogP contribution in [0.2, 0.25) is 5.02 Å². The zero-order valence-corrected chi connectivity index (χ0v) is 12.7. The van der Waals surface area contributed by atoms with Crippen molar-refractivity contribution in [2.45, 2.75) is 10.6 Å². The lowest BCUT2D eigenvalue weighted by Crippen LogP contribution is -1.87. The van der Waals surface area contributed by atoms with E-state index in [1.807, 2.05) is 0 Å². The van der Waals surface area contributed by atoms with Crippen molar-refractivity contribution < 1.29 is 13.3 Å². The van der Waals surface area contributed by atoms with Gasteiger partial charge in [-0.2, -0.15) is 4.98 Å². The summed E-state index contributed by atoms with van der Waals surface area (Å²) in [6, 6.07) is 10.8. The lowest BCUT2D eigenvalue weighted by Gasteiger charge is -1.99. The monoisotopic (exact) mass is 338 g/mol. The molecule has 0 atom stereocenters. The topological polar surface area (TPSA) is 38.9 Å². The van der Waals surface area contributed by atoms with Crippen LogP contribution < -0.4 is 0 Å². The van der Waals surface area contributed by atoms with E-state index in [2.05, 4.69) is 10.1 Å². The highest BCUT2D eigenvalue weighted by molar-refractivity contribution is 7.98. The predicted octanol–water partition coefficient (Wildman–Crippen LogP) is 4.96. The summed E-state index contributed by atoms with van der Waals surface area (Å²) in [5, 5.41) is 4.48. The van der Waals surface area contributed by atoms with Crippen molar-refractivity contribution in [2.24, 2.45) is 0 Å². The molecular weight excluding hydrogens is 330 g/mol. The Labute approximate surface area is 134 Å². The molecule has 0 saturated heterocycles. The first-order valence-corrected chi connectivity index (χ1v) is 7.64. The number of benzene rings is 2. The second-order valence-electron chi connectivity index (χ2n) is 4.39. The molecule has 112 valence electrons. The van der Waals surface area contributed by atoms with Crippen molar-refractivity contribution >= 4 is 23.4 Å². The van der Waals surface area contributed by atoms with Crippen LogP contribution in [0, 0.1) is 11.6 Å². The smallest absolute Gasteiger partial charge is 0.257 e. The van der Waals surface area contributed by atoms with E-state index in [0.29, 0.717) is 27.4 Å². The van der Waals surface area contributed by atoms with E-state index in [1.54, 1.807) is 24.3 Å². The third-order valence-corrected chi connectivity index (χ3v) is 4.06. The molecule has 0 fully saturated rings. The van der Waals surface area contributed by atoms with Gasteiger partial charge in [0.2, 0.25) is 0 Å². The molecule has 1 heterocycles. The molecule has 3 rings (SSSR count). The average molecular weight is 339 g/mol. The lowest BCUT2D eigenvalue weighted by atomic mass is 10.2. The third kappa shape index (κ3) is 3.45. The first kappa shape index (κ1) is 15.0. The lowest BCUT2D eigenvalue weighted by molar-refractivity contribution is 0.425. The van der Waals surface area contributed by atoms with Crippen molar-refractivity contribution in [3.63, 3.8) is 0 Å². The molecule has 7 heteroatoms. The van der Waals surface area contributed by atoms with Gasteiger partial charge in [0, 0.05) is 15.5 Å². The number of hydrogen-bond donors (Lipinski definition) is 0. The van der Waals surface area contributed by atoms with Crippen LogP contribution in [0.3, 0.4) is 0 Å². The average Bonchev–Trinajstić information content (AvgIpc) is 2.98. The Bertz CT molecular complexity index is 792. The van der Waals surface area contributed by atoms with Crippen LogP contribution in [-0.4, -0.2) is 10.1 Å². The standard InChI is InChI=1S/C15H9ClF2N2OS/c16-10-3-1-9(2-4-10)15-19-14(20-21-15)8-22-11-5-6-12(17)13(18)7-11/h1-7H,8H2. The van der Waals surface area contributed by atoms with Crippen LogP contribution >= 0.6 is 23.4 Å². The Morgan fingerprint density at radius 3 is 2.55 bits per heavy atom. The minimum atomic E-state index is -0.875. The van der Waals surface area contributed by atoms with E-state index in [4.69, 9.17) is 16.1 Å². The summed E-state index contributed by atoms with van der Waals surface area (Å²) in [5.74, 6) is -0.492. The van der Waals surface area contributed by atoms with Gasteiger partial charge in [-0.1, -0.05) is 16.8 Å². The molecule has 1 aromatic heterocycles. The van der Waals surface area contributed by atoms with Gasteiger partial charge in [-0.05, 0) is 42.5 Å². The van der Waals surface area contributed by atoms with Crippen LogP contribution in [-0.2, 0) is 5.75 Å². The molecule has 0 aliphatic rings. The molecule has 22 heavy (non-hydrogen) atoms. The third-order valence-electron chi connectivity index (χ3n) is 2.82. The number of aromatic nitrogens is 2. The first-order valence-electron chi connectivity index (χ1n) is 6.28. The molecular formula is C15H9ClF2N2OS. The predicted molar refractivity (Wildman–Crippen MR) is 80.7 cm³/mol. The Morgan fingerprint density at radius 2 is 1.82 bits per heavy atom. The zero-order valence-electron chi connectivity index (χ0n) is 11.1. The summed E-state index contributed by atoms with van der Waals surface area (Å²) in [6.07, 6.45) is 0. The molecule has 0 amide bonds. The molecule has 0 saturated carbocycles. The van der Waals surface area contributed by atoms with Gasteiger partial charge in [0.05, 0.1) is 5.75 Å². The molecule has 2 aromatic carbocycles. The molecule has 3 aromatic rings. The van der Waals surface area contributed by atoms with Crippen molar-refractivity contribution in [3.8, 4) is 11.5 Å². The van der Waals surface area contributed by atoms with E-state index >= 15 is 0 Å². The summed E-state index contributed by atoms with van der Waals surface area (Å²) in [6.45, 7) is 0. The van der Waals surface area contributed by atoms with Crippen LogP contribution in [0.15, 0.2) is 51.9 Å². The highest BCUT2D eigenvalue weighted by Gasteiger charge is 2.10. The Hall–Kier alpha value is -1.92. The van der Waals surface area contributed by atoms with Gasteiger partial charge in [0.15, 0.2) is 17.5 Å². The van der Waals surface area contributed by atoms with E-state index in [-0.39, 0.29) is 0 Å². The van der Waals surface area contributed by atoms with Crippen molar-refractivity contribution in [3.05, 3.63) is 64.9 Å². The van der Waals surface area contributed by atoms with Crippen LogP contribution in [0.25, 0.3) is 11.5 Å². The van der Waals surface area contributed by atoms with E-state index in [0.717, 1.165) is 17.7 Å². The SMILES string of the molecule is Fc1ccc(SCc2noc(-c3ccc(Cl)cc3)n2)cc1F. The van der Waals surface area contributed by atoms with Gasteiger partial charge >= 0.3 is 0 Å². The van der Waals surface area contributed by atoms with E-state index < -0.39 is 11.6 Å². The quantitative estimate of drug-likeness (QED) is 0.630. The molecule has 0 unspecified atom stereocenters. The Balaban J connectivity index is 1.69. The second kappa shape index (κ2) is 6.46. The first-order chi connectivity index (χ1) is 10.6. The minimum Gasteiger partial charge on any atom is -0.334 e.